The van der Waals surface area contributed by atoms with E-state index in [1.807, 2.05) is 13.8 Å². The first-order valence-corrected chi connectivity index (χ1v) is 4.81. The molecule has 0 aromatic carbocycles. The van der Waals surface area contributed by atoms with Crippen LogP contribution in [0.1, 0.15) is 20.3 Å². The highest BCUT2D eigenvalue weighted by atomic mass is 16.5. The van der Waals surface area contributed by atoms with E-state index in [0.29, 0.717) is 13.2 Å². The van der Waals surface area contributed by atoms with Crippen LogP contribution in [-0.4, -0.2) is 43.7 Å². The summed E-state index contributed by atoms with van der Waals surface area (Å²) in [5.74, 6) is 0.0574. The monoisotopic (exact) mass is 188 g/mol. The van der Waals surface area contributed by atoms with Gasteiger partial charge in [-0.25, -0.2) is 0 Å². The molecule has 0 spiro atoms. The number of likely N-dealkylation sites (N-methyl/N-ethyl adjacent to an activating group) is 1. The zero-order chi connectivity index (χ0) is 10.1. The van der Waals surface area contributed by atoms with Gasteiger partial charge in [-0.05, 0) is 26.8 Å². The number of amides is 1. The second kappa shape index (κ2) is 8.01. The first-order chi connectivity index (χ1) is 6.26. The lowest BCUT2D eigenvalue weighted by Gasteiger charge is -2.18. The van der Waals surface area contributed by atoms with Crippen LogP contribution in [0.25, 0.3) is 0 Å². The van der Waals surface area contributed by atoms with Gasteiger partial charge in [-0.3, -0.25) is 4.79 Å². The number of hydrogen-bond donors (Lipinski definition) is 1. The van der Waals surface area contributed by atoms with Gasteiger partial charge in [0.1, 0.15) is 6.61 Å². The largest absolute Gasteiger partial charge is 0.372 e. The normalized spacial score (nSPS) is 10.1. The zero-order valence-corrected chi connectivity index (χ0v) is 8.58. The van der Waals surface area contributed by atoms with Gasteiger partial charge in [-0.15, -0.1) is 0 Å². The Kier molecular flexibility index (Phi) is 7.63. The average molecular weight is 188 g/mol. The summed E-state index contributed by atoms with van der Waals surface area (Å²) in [4.78, 5) is 13.1. The third-order valence-electron chi connectivity index (χ3n) is 1.83. The maximum atomic E-state index is 11.3. The van der Waals surface area contributed by atoms with Gasteiger partial charge in [-0.2, -0.15) is 0 Å². The van der Waals surface area contributed by atoms with Crippen molar-refractivity contribution in [2.75, 3.05) is 32.8 Å². The molecule has 0 unspecified atom stereocenters. The molecule has 0 aromatic rings. The first-order valence-electron chi connectivity index (χ1n) is 4.81. The molecule has 0 bridgehead atoms. The lowest BCUT2D eigenvalue weighted by Crippen LogP contribution is -2.33. The van der Waals surface area contributed by atoms with Crippen molar-refractivity contribution in [1.82, 2.24) is 4.90 Å². The van der Waals surface area contributed by atoms with Gasteiger partial charge in [0, 0.05) is 19.7 Å². The van der Waals surface area contributed by atoms with Crippen molar-refractivity contribution in [3.8, 4) is 0 Å². The molecule has 0 atom stereocenters. The molecule has 0 aliphatic rings. The van der Waals surface area contributed by atoms with E-state index >= 15 is 0 Å². The summed E-state index contributed by atoms with van der Waals surface area (Å²) in [5, 5.41) is 0. The van der Waals surface area contributed by atoms with Crippen LogP contribution in [-0.2, 0) is 9.53 Å². The summed E-state index contributed by atoms with van der Waals surface area (Å²) < 4.78 is 5.15. The number of hydrogen-bond acceptors (Lipinski definition) is 3. The lowest BCUT2D eigenvalue weighted by molar-refractivity contribution is -0.135. The maximum Gasteiger partial charge on any atom is 0.248 e. The van der Waals surface area contributed by atoms with Gasteiger partial charge in [0.05, 0.1) is 0 Å². The van der Waals surface area contributed by atoms with E-state index in [4.69, 9.17) is 10.5 Å². The summed E-state index contributed by atoms with van der Waals surface area (Å²) in [6, 6.07) is 0. The summed E-state index contributed by atoms with van der Waals surface area (Å²) in [7, 11) is 0. The number of carbonyl (C=O) groups is 1. The molecular formula is C9H20N2O2. The topological polar surface area (TPSA) is 55.6 Å². The Balaban J connectivity index is 3.48. The second-order valence-corrected chi connectivity index (χ2v) is 2.76. The highest BCUT2D eigenvalue weighted by Gasteiger charge is 2.08. The molecular weight excluding hydrogens is 168 g/mol. The minimum atomic E-state index is 0.0574. The molecule has 0 saturated carbocycles. The zero-order valence-electron chi connectivity index (χ0n) is 8.58. The number of rotatable bonds is 7. The molecule has 4 nitrogen and oxygen atoms in total. The number of ether oxygens (including phenoxy) is 1. The number of nitrogens with zero attached hydrogens (tertiary/aromatic N) is 1. The predicted molar refractivity (Wildman–Crippen MR) is 52.4 cm³/mol. The predicted octanol–water partition coefficient (Wildman–Crippen LogP) is 0.220. The van der Waals surface area contributed by atoms with E-state index in [2.05, 4.69) is 0 Å². The quantitative estimate of drug-likeness (QED) is 0.581. The summed E-state index contributed by atoms with van der Waals surface area (Å²) in [6.07, 6.45) is 0.811. The Hall–Kier alpha value is -0.610. The SMILES string of the molecule is CCN(CC)C(=O)COCCCN. The molecule has 0 radical (unpaired) electrons. The highest BCUT2D eigenvalue weighted by molar-refractivity contribution is 5.77. The third-order valence-corrected chi connectivity index (χ3v) is 1.83. The minimum Gasteiger partial charge on any atom is -0.372 e. The van der Waals surface area contributed by atoms with Gasteiger partial charge in [-0.1, -0.05) is 0 Å². The van der Waals surface area contributed by atoms with Gasteiger partial charge in [0.15, 0.2) is 0 Å². The van der Waals surface area contributed by atoms with E-state index in [9.17, 15) is 4.79 Å². The van der Waals surface area contributed by atoms with Crippen molar-refractivity contribution in [3.05, 3.63) is 0 Å². The van der Waals surface area contributed by atoms with Crippen LogP contribution >= 0.6 is 0 Å². The fraction of sp³-hybridized carbons (Fsp3) is 0.889. The van der Waals surface area contributed by atoms with Crippen LogP contribution in [0.2, 0.25) is 0 Å². The molecule has 2 N–H and O–H groups in total. The van der Waals surface area contributed by atoms with Crippen molar-refractivity contribution >= 4 is 5.91 Å². The molecule has 1 amide bonds. The average Bonchev–Trinajstić information content (AvgIpc) is 2.14. The summed E-state index contributed by atoms with van der Waals surface area (Å²) in [5.41, 5.74) is 5.28. The Bertz CT molecular complexity index is 136. The van der Waals surface area contributed by atoms with Gasteiger partial charge < -0.3 is 15.4 Å². The molecule has 13 heavy (non-hydrogen) atoms. The van der Waals surface area contributed by atoms with Crippen LogP contribution in [0.5, 0.6) is 0 Å². The van der Waals surface area contributed by atoms with E-state index < -0.39 is 0 Å². The van der Waals surface area contributed by atoms with Crippen molar-refractivity contribution in [1.29, 1.82) is 0 Å². The molecule has 0 aromatic heterocycles. The maximum absolute atomic E-state index is 11.3. The summed E-state index contributed by atoms with van der Waals surface area (Å²) in [6.45, 7) is 6.78. The van der Waals surface area contributed by atoms with Gasteiger partial charge in [0.2, 0.25) is 5.91 Å². The van der Waals surface area contributed by atoms with Crippen molar-refractivity contribution in [3.63, 3.8) is 0 Å². The molecule has 0 saturated heterocycles. The molecule has 0 rings (SSSR count). The molecule has 0 aliphatic heterocycles. The number of carbonyl (C=O) groups excluding carboxylic acids is 1. The second-order valence-electron chi connectivity index (χ2n) is 2.76. The Labute approximate surface area is 80.0 Å². The smallest absolute Gasteiger partial charge is 0.248 e. The van der Waals surface area contributed by atoms with Crippen molar-refractivity contribution in [2.45, 2.75) is 20.3 Å². The molecule has 78 valence electrons. The molecule has 0 fully saturated rings. The van der Waals surface area contributed by atoms with Crippen molar-refractivity contribution in [2.24, 2.45) is 5.73 Å². The Morgan fingerprint density at radius 3 is 2.46 bits per heavy atom. The fourth-order valence-electron chi connectivity index (χ4n) is 1.01. The molecule has 4 heteroatoms. The van der Waals surface area contributed by atoms with Gasteiger partial charge >= 0.3 is 0 Å². The fourth-order valence-corrected chi connectivity index (χ4v) is 1.01. The minimum absolute atomic E-state index is 0.0574. The van der Waals surface area contributed by atoms with Crippen molar-refractivity contribution < 1.29 is 9.53 Å². The van der Waals surface area contributed by atoms with E-state index in [1.165, 1.54) is 0 Å². The third kappa shape index (κ3) is 5.60. The van der Waals surface area contributed by atoms with E-state index in [1.54, 1.807) is 4.90 Å². The van der Waals surface area contributed by atoms with Crippen LogP contribution in [0.4, 0.5) is 0 Å². The summed E-state index contributed by atoms with van der Waals surface area (Å²) >= 11 is 0. The highest BCUT2D eigenvalue weighted by Crippen LogP contribution is 1.90. The standard InChI is InChI=1S/C9H20N2O2/c1-3-11(4-2)9(12)8-13-7-5-6-10/h3-8,10H2,1-2H3. The number of nitrogens with two attached hydrogens (primary N) is 1. The molecule has 0 aliphatic carbocycles. The Morgan fingerprint density at radius 1 is 1.38 bits per heavy atom. The van der Waals surface area contributed by atoms with Crippen LogP contribution in [0, 0.1) is 0 Å². The van der Waals surface area contributed by atoms with Crippen LogP contribution in [0.3, 0.4) is 0 Å². The van der Waals surface area contributed by atoms with E-state index in [0.717, 1.165) is 19.5 Å². The first kappa shape index (κ1) is 12.4. The Morgan fingerprint density at radius 2 is 2.00 bits per heavy atom. The lowest BCUT2D eigenvalue weighted by atomic mass is 10.4. The molecule has 0 heterocycles. The van der Waals surface area contributed by atoms with Crippen LogP contribution < -0.4 is 5.73 Å². The van der Waals surface area contributed by atoms with E-state index in [-0.39, 0.29) is 12.5 Å². The van der Waals surface area contributed by atoms with Crippen LogP contribution in [0.15, 0.2) is 0 Å². The van der Waals surface area contributed by atoms with Gasteiger partial charge in [0.25, 0.3) is 0 Å².